The van der Waals surface area contributed by atoms with Crippen LogP contribution in [-0.4, -0.2) is 6.10 Å². The van der Waals surface area contributed by atoms with Crippen LogP contribution in [0.4, 0.5) is 0 Å². The molecule has 0 N–H and O–H groups in total. The minimum absolute atomic E-state index is 0.140. The molecule has 0 aromatic heterocycles. The van der Waals surface area contributed by atoms with Gasteiger partial charge in [0.2, 0.25) is 0 Å². The lowest BCUT2D eigenvalue weighted by Gasteiger charge is -2.07. The third kappa shape index (κ3) is 3.42. The highest BCUT2D eigenvalue weighted by Crippen LogP contribution is 2.11. The fourth-order valence-corrected chi connectivity index (χ4v) is 1.17. The van der Waals surface area contributed by atoms with Gasteiger partial charge in [0, 0.05) is 0 Å². The van der Waals surface area contributed by atoms with E-state index in [0.717, 1.165) is 5.56 Å². The molecular formula is C12H12N2O. The second kappa shape index (κ2) is 5.14. The lowest BCUT2D eigenvalue weighted by molar-refractivity contribution is 0.0657. The van der Waals surface area contributed by atoms with Gasteiger partial charge in [-0.05, 0) is 37.6 Å². The van der Waals surface area contributed by atoms with Gasteiger partial charge in [-0.2, -0.15) is 10.5 Å². The van der Waals surface area contributed by atoms with Crippen LogP contribution in [0.25, 0.3) is 0 Å². The van der Waals surface area contributed by atoms with Gasteiger partial charge >= 0.3 is 0 Å². The molecule has 1 aromatic carbocycles. The molecule has 0 saturated carbocycles. The highest BCUT2D eigenvalue weighted by atomic mass is 16.5. The first-order chi connectivity index (χ1) is 7.15. The van der Waals surface area contributed by atoms with Crippen molar-refractivity contribution in [2.45, 2.75) is 26.6 Å². The van der Waals surface area contributed by atoms with Crippen molar-refractivity contribution in [1.82, 2.24) is 0 Å². The largest absolute Gasteiger partial charge is 0.374 e. The minimum atomic E-state index is 0.140. The Labute approximate surface area is 89.5 Å². The standard InChI is InChI=1S/C12H12N2O/c1-9(2)15-8-12-4-10(6-13)3-11(5-12)7-14/h3-5,9H,8H2,1-2H3. The van der Waals surface area contributed by atoms with Crippen LogP contribution in [0.1, 0.15) is 30.5 Å². The Morgan fingerprint density at radius 2 is 1.67 bits per heavy atom. The van der Waals surface area contributed by atoms with Gasteiger partial charge in [-0.1, -0.05) is 0 Å². The summed E-state index contributed by atoms with van der Waals surface area (Å²) in [6.45, 7) is 4.32. The molecule has 0 fully saturated rings. The Morgan fingerprint density at radius 1 is 1.13 bits per heavy atom. The normalized spacial score (nSPS) is 9.67. The molecule has 0 aliphatic heterocycles. The summed E-state index contributed by atoms with van der Waals surface area (Å²) in [5, 5.41) is 17.5. The molecule has 0 aliphatic rings. The molecular weight excluding hydrogens is 188 g/mol. The van der Waals surface area contributed by atoms with Crippen LogP contribution in [0.2, 0.25) is 0 Å². The molecule has 0 heterocycles. The van der Waals surface area contributed by atoms with Gasteiger partial charge in [-0.25, -0.2) is 0 Å². The van der Waals surface area contributed by atoms with Crippen molar-refractivity contribution in [3.63, 3.8) is 0 Å². The summed E-state index contributed by atoms with van der Waals surface area (Å²) in [5.41, 5.74) is 1.85. The van der Waals surface area contributed by atoms with E-state index >= 15 is 0 Å². The predicted octanol–water partition coefficient (Wildman–Crippen LogP) is 2.35. The maximum atomic E-state index is 8.76. The average molecular weight is 200 g/mol. The van der Waals surface area contributed by atoms with E-state index in [1.54, 1.807) is 18.2 Å². The summed E-state index contributed by atoms with van der Waals surface area (Å²) >= 11 is 0. The average Bonchev–Trinajstić information content (AvgIpc) is 2.25. The maximum absolute atomic E-state index is 8.76. The quantitative estimate of drug-likeness (QED) is 0.752. The molecule has 0 unspecified atom stereocenters. The van der Waals surface area contributed by atoms with Gasteiger partial charge in [0.05, 0.1) is 36.0 Å². The fraction of sp³-hybridized carbons (Fsp3) is 0.333. The van der Waals surface area contributed by atoms with E-state index in [-0.39, 0.29) is 6.10 Å². The van der Waals surface area contributed by atoms with Gasteiger partial charge in [-0.15, -0.1) is 0 Å². The summed E-state index contributed by atoms with van der Waals surface area (Å²) in [6, 6.07) is 9.09. The summed E-state index contributed by atoms with van der Waals surface area (Å²) < 4.78 is 5.41. The first-order valence-corrected chi connectivity index (χ1v) is 4.71. The van der Waals surface area contributed by atoms with Crippen molar-refractivity contribution in [1.29, 1.82) is 10.5 Å². The third-order valence-electron chi connectivity index (χ3n) is 1.83. The van der Waals surface area contributed by atoms with Gasteiger partial charge in [0.25, 0.3) is 0 Å². The Morgan fingerprint density at radius 3 is 2.07 bits per heavy atom. The summed E-state index contributed by atoms with van der Waals surface area (Å²) in [7, 11) is 0. The van der Waals surface area contributed by atoms with Crippen molar-refractivity contribution in [2.24, 2.45) is 0 Å². The zero-order valence-electron chi connectivity index (χ0n) is 8.82. The minimum Gasteiger partial charge on any atom is -0.374 e. The fourth-order valence-electron chi connectivity index (χ4n) is 1.17. The summed E-state index contributed by atoms with van der Waals surface area (Å²) in [6.07, 6.45) is 0.140. The molecule has 76 valence electrons. The molecule has 0 bridgehead atoms. The van der Waals surface area contributed by atoms with Crippen LogP contribution >= 0.6 is 0 Å². The van der Waals surface area contributed by atoms with E-state index in [1.165, 1.54) is 0 Å². The highest BCUT2D eigenvalue weighted by Gasteiger charge is 2.01. The molecule has 1 rings (SSSR count). The maximum Gasteiger partial charge on any atom is 0.0992 e. The molecule has 0 amide bonds. The van der Waals surface area contributed by atoms with Crippen molar-refractivity contribution < 1.29 is 4.74 Å². The summed E-state index contributed by atoms with van der Waals surface area (Å²) in [4.78, 5) is 0. The van der Waals surface area contributed by atoms with Crippen molar-refractivity contribution in [3.05, 3.63) is 34.9 Å². The van der Waals surface area contributed by atoms with Crippen LogP contribution in [-0.2, 0) is 11.3 Å². The van der Waals surface area contributed by atoms with E-state index in [0.29, 0.717) is 17.7 Å². The van der Waals surface area contributed by atoms with Crippen LogP contribution in [0.5, 0.6) is 0 Å². The molecule has 0 radical (unpaired) electrons. The SMILES string of the molecule is CC(C)OCc1cc(C#N)cc(C#N)c1. The van der Waals surface area contributed by atoms with Crippen LogP contribution in [0.3, 0.4) is 0 Å². The van der Waals surface area contributed by atoms with Crippen LogP contribution in [0, 0.1) is 22.7 Å². The van der Waals surface area contributed by atoms with E-state index in [9.17, 15) is 0 Å². The van der Waals surface area contributed by atoms with Gasteiger partial charge in [0.15, 0.2) is 0 Å². The van der Waals surface area contributed by atoms with E-state index in [2.05, 4.69) is 0 Å². The molecule has 0 aliphatic carbocycles. The number of nitriles is 2. The first-order valence-electron chi connectivity index (χ1n) is 4.71. The smallest absolute Gasteiger partial charge is 0.0992 e. The van der Waals surface area contributed by atoms with Gasteiger partial charge in [-0.3, -0.25) is 0 Å². The molecule has 0 saturated heterocycles. The molecule has 0 atom stereocenters. The first kappa shape index (κ1) is 11.2. The predicted molar refractivity (Wildman–Crippen MR) is 55.8 cm³/mol. The zero-order chi connectivity index (χ0) is 11.3. The molecule has 3 nitrogen and oxygen atoms in total. The zero-order valence-corrected chi connectivity index (χ0v) is 8.82. The second-order valence-electron chi connectivity index (χ2n) is 3.50. The third-order valence-corrected chi connectivity index (χ3v) is 1.83. The lowest BCUT2D eigenvalue weighted by atomic mass is 10.1. The van der Waals surface area contributed by atoms with Gasteiger partial charge in [0.1, 0.15) is 0 Å². The Balaban J connectivity index is 2.89. The van der Waals surface area contributed by atoms with Gasteiger partial charge < -0.3 is 4.74 Å². The molecule has 1 aromatic rings. The number of hydrogen-bond acceptors (Lipinski definition) is 3. The van der Waals surface area contributed by atoms with E-state index in [4.69, 9.17) is 15.3 Å². The lowest BCUT2D eigenvalue weighted by Crippen LogP contribution is -2.02. The summed E-state index contributed by atoms with van der Waals surface area (Å²) in [5.74, 6) is 0. The number of rotatable bonds is 3. The van der Waals surface area contributed by atoms with E-state index < -0.39 is 0 Å². The van der Waals surface area contributed by atoms with Crippen LogP contribution in [0.15, 0.2) is 18.2 Å². The van der Waals surface area contributed by atoms with Crippen molar-refractivity contribution in [3.8, 4) is 12.1 Å². The monoisotopic (exact) mass is 200 g/mol. The Hall–Kier alpha value is -1.84. The Bertz CT molecular complexity index is 392. The number of benzene rings is 1. The van der Waals surface area contributed by atoms with Crippen molar-refractivity contribution >= 4 is 0 Å². The Kier molecular flexibility index (Phi) is 3.85. The van der Waals surface area contributed by atoms with E-state index in [1.807, 2.05) is 26.0 Å². The van der Waals surface area contributed by atoms with Crippen molar-refractivity contribution in [2.75, 3.05) is 0 Å². The van der Waals surface area contributed by atoms with Crippen LogP contribution < -0.4 is 0 Å². The molecule has 15 heavy (non-hydrogen) atoms. The number of hydrogen-bond donors (Lipinski definition) is 0. The highest BCUT2D eigenvalue weighted by molar-refractivity contribution is 5.42. The molecule has 0 spiro atoms. The number of ether oxygens (including phenoxy) is 1. The second-order valence-corrected chi connectivity index (χ2v) is 3.50. The topological polar surface area (TPSA) is 56.8 Å². The number of nitrogens with zero attached hydrogens (tertiary/aromatic N) is 2. The molecule has 3 heteroatoms.